The summed E-state index contributed by atoms with van der Waals surface area (Å²) in [4.78, 5) is 23.3. The van der Waals surface area contributed by atoms with E-state index in [1.54, 1.807) is 24.4 Å². The Balaban J connectivity index is 2.23. The molecule has 26 heavy (non-hydrogen) atoms. The van der Waals surface area contributed by atoms with Crippen LogP contribution in [0, 0.1) is 21.4 Å². The Hall–Kier alpha value is -3.71. The number of hydrogen-bond donors (Lipinski definition) is 2. The molecule has 0 aliphatic rings. The van der Waals surface area contributed by atoms with Crippen LogP contribution in [-0.4, -0.2) is 19.9 Å². The lowest BCUT2D eigenvalue weighted by atomic mass is 10.1. The highest BCUT2D eigenvalue weighted by molar-refractivity contribution is 7.99. The number of non-ortho nitro benzene ring substituents is 1. The number of nitrogen functional groups attached to an aromatic ring is 2. The number of nitriles is 1. The van der Waals surface area contributed by atoms with Crippen molar-refractivity contribution < 1.29 is 4.92 Å². The van der Waals surface area contributed by atoms with Crippen molar-refractivity contribution in [1.82, 2.24) is 15.0 Å². The number of pyridine rings is 1. The van der Waals surface area contributed by atoms with Crippen LogP contribution in [0.5, 0.6) is 0 Å². The second kappa shape index (κ2) is 7.04. The SMILES string of the molecule is N#Cc1c(N)nc(N)nc1-c1cc([N+](=O)[O-])ccc1Sc1ccccn1. The molecule has 4 N–H and O–H groups in total. The molecule has 10 heteroatoms. The Labute approximate surface area is 151 Å². The molecule has 128 valence electrons. The molecule has 0 spiro atoms. The molecule has 9 nitrogen and oxygen atoms in total. The van der Waals surface area contributed by atoms with Crippen LogP contribution in [0.4, 0.5) is 17.5 Å². The van der Waals surface area contributed by atoms with Crippen LogP contribution in [0.15, 0.2) is 52.5 Å². The number of nitrogens with zero attached hydrogens (tertiary/aromatic N) is 5. The van der Waals surface area contributed by atoms with Crippen molar-refractivity contribution in [2.45, 2.75) is 9.92 Å². The van der Waals surface area contributed by atoms with E-state index in [9.17, 15) is 15.4 Å². The molecule has 0 saturated heterocycles. The van der Waals surface area contributed by atoms with E-state index in [4.69, 9.17) is 11.5 Å². The fourth-order valence-electron chi connectivity index (χ4n) is 2.23. The van der Waals surface area contributed by atoms with Crippen molar-refractivity contribution in [3.8, 4) is 17.3 Å². The molecule has 2 heterocycles. The lowest BCUT2D eigenvalue weighted by molar-refractivity contribution is -0.384. The summed E-state index contributed by atoms with van der Waals surface area (Å²) in [6.45, 7) is 0. The van der Waals surface area contributed by atoms with Gasteiger partial charge in [-0.2, -0.15) is 10.2 Å². The zero-order valence-corrected chi connectivity index (χ0v) is 14.0. The molecular weight excluding hydrogens is 354 g/mol. The highest BCUT2D eigenvalue weighted by Gasteiger charge is 2.20. The zero-order chi connectivity index (χ0) is 18.7. The van der Waals surface area contributed by atoms with E-state index in [0.717, 1.165) is 0 Å². The maximum atomic E-state index is 11.2. The number of hydrogen-bond acceptors (Lipinski definition) is 9. The Morgan fingerprint density at radius 3 is 2.65 bits per heavy atom. The molecule has 0 aliphatic carbocycles. The van der Waals surface area contributed by atoms with E-state index in [1.165, 1.54) is 23.9 Å². The van der Waals surface area contributed by atoms with Gasteiger partial charge in [-0.15, -0.1) is 0 Å². The lowest BCUT2D eigenvalue weighted by Crippen LogP contribution is -2.05. The first kappa shape index (κ1) is 17.1. The van der Waals surface area contributed by atoms with Crippen LogP contribution in [0.2, 0.25) is 0 Å². The fraction of sp³-hybridized carbons (Fsp3) is 0. The summed E-state index contributed by atoms with van der Waals surface area (Å²) in [6.07, 6.45) is 1.63. The first-order valence-corrected chi connectivity index (χ1v) is 8.02. The number of aromatic nitrogens is 3. The number of nitrogens with two attached hydrogens (primary N) is 2. The van der Waals surface area contributed by atoms with Crippen molar-refractivity contribution in [2.75, 3.05) is 11.5 Å². The van der Waals surface area contributed by atoms with Gasteiger partial charge in [-0.1, -0.05) is 17.8 Å². The van der Waals surface area contributed by atoms with Crippen LogP contribution in [0.25, 0.3) is 11.3 Å². The van der Waals surface area contributed by atoms with Crippen molar-refractivity contribution in [3.63, 3.8) is 0 Å². The van der Waals surface area contributed by atoms with Crippen LogP contribution >= 0.6 is 11.8 Å². The molecule has 0 radical (unpaired) electrons. The van der Waals surface area contributed by atoms with E-state index in [0.29, 0.717) is 15.5 Å². The quantitative estimate of drug-likeness (QED) is 0.523. The third kappa shape index (κ3) is 3.38. The molecular formula is C16H11N7O2S. The predicted molar refractivity (Wildman–Crippen MR) is 96.0 cm³/mol. The smallest absolute Gasteiger partial charge is 0.270 e. The minimum atomic E-state index is -0.529. The zero-order valence-electron chi connectivity index (χ0n) is 13.2. The molecule has 0 fully saturated rings. The van der Waals surface area contributed by atoms with Crippen LogP contribution in [-0.2, 0) is 0 Å². The van der Waals surface area contributed by atoms with E-state index in [1.807, 2.05) is 12.1 Å². The Bertz CT molecular complexity index is 1030. The van der Waals surface area contributed by atoms with Crippen molar-refractivity contribution in [3.05, 3.63) is 58.3 Å². The summed E-state index contributed by atoms with van der Waals surface area (Å²) < 4.78 is 0. The van der Waals surface area contributed by atoms with Gasteiger partial charge in [0.05, 0.1) is 10.6 Å². The van der Waals surface area contributed by atoms with Crippen molar-refractivity contribution in [2.24, 2.45) is 0 Å². The third-order valence-electron chi connectivity index (χ3n) is 3.35. The summed E-state index contributed by atoms with van der Waals surface area (Å²) in [5, 5.41) is 21.3. The molecule has 3 aromatic rings. The highest BCUT2D eigenvalue weighted by atomic mass is 32.2. The van der Waals surface area contributed by atoms with Gasteiger partial charge in [0.25, 0.3) is 5.69 Å². The maximum absolute atomic E-state index is 11.2. The van der Waals surface area contributed by atoms with Crippen molar-refractivity contribution >= 4 is 29.2 Å². The molecule has 0 unspecified atom stereocenters. The van der Waals surface area contributed by atoms with Gasteiger partial charge in [-0.3, -0.25) is 10.1 Å². The van der Waals surface area contributed by atoms with Crippen LogP contribution < -0.4 is 11.5 Å². The fourth-order valence-corrected chi connectivity index (χ4v) is 3.11. The average molecular weight is 365 g/mol. The van der Waals surface area contributed by atoms with Gasteiger partial charge in [-0.25, -0.2) is 9.97 Å². The van der Waals surface area contributed by atoms with Gasteiger partial charge in [0.2, 0.25) is 5.95 Å². The summed E-state index contributed by atoms with van der Waals surface area (Å²) in [5.41, 5.74) is 11.8. The summed E-state index contributed by atoms with van der Waals surface area (Å²) in [7, 11) is 0. The summed E-state index contributed by atoms with van der Waals surface area (Å²) in [6, 6.07) is 11.6. The van der Waals surface area contributed by atoms with Crippen molar-refractivity contribution in [1.29, 1.82) is 5.26 Å². The van der Waals surface area contributed by atoms with Gasteiger partial charge >= 0.3 is 0 Å². The van der Waals surface area contributed by atoms with Gasteiger partial charge in [-0.05, 0) is 18.2 Å². The number of nitro benzene ring substituents is 1. The monoisotopic (exact) mass is 365 g/mol. The highest BCUT2D eigenvalue weighted by Crippen LogP contribution is 2.38. The topological polar surface area (TPSA) is 158 Å². The molecule has 0 atom stereocenters. The van der Waals surface area contributed by atoms with E-state index in [2.05, 4.69) is 15.0 Å². The number of rotatable bonds is 4. The summed E-state index contributed by atoms with van der Waals surface area (Å²) in [5.74, 6) is -0.216. The molecule has 2 aromatic heterocycles. The Morgan fingerprint density at radius 1 is 1.19 bits per heavy atom. The van der Waals surface area contributed by atoms with Gasteiger partial charge < -0.3 is 11.5 Å². The minimum absolute atomic E-state index is 0.00238. The van der Waals surface area contributed by atoms with Gasteiger partial charge in [0.15, 0.2) is 0 Å². The molecule has 1 aromatic carbocycles. The van der Waals surface area contributed by atoms with E-state index in [-0.39, 0.29) is 28.7 Å². The number of anilines is 2. The van der Waals surface area contributed by atoms with Crippen LogP contribution in [0.1, 0.15) is 5.56 Å². The molecule has 0 saturated carbocycles. The molecule has 3 rings (SSSR count). The molecule has 0 amide bonds. The van der Waals surface area contributed by atoms with E-state index < -0.39 is 4.92 Å². The van der Waals surface area contributed by atoms with Gasteiger partial charge in [0.1, 0.15) is 22.5 Å². The second-order valence-corrected chi connectivity index (χ2v) is 6.07. The largest absolute Gasteiger partial charge is 0.382 e. The van der Waals surface area contributed by atoms with Crippen LogP contribution in [0.3, 0.4) is 0 Å². The molecule has 0 aliphatic heterocycles. The van der Waals surface area contributed by atoms with E-state index >= 15 is 0 Å². The standard InChI is InChI=1S/C16H11N7O2S/c17-8-11-14(21-16(19)22-15(11)18)10-7-9(23(24)25)4-5-12(10)26-13-3-1-2-6-20-13/h1-7H,(H4,18,19,21,22). The summed E-state index contributed by atoms with van der Waals surface area (Å²) >= 11 is 1.28. The Kier molecular flexibility index (Phi) is 4.64. The first-order chi connectivity index (χ1) is 12.5. The average Bonchev–Trinajstić information content (AvgIpc) is 2.62. The minimum Gasteiger partial charge on any atom is -0.382 e. The Morgan fingerprint density at radius 2 is 2.00 bits per heavy atom. The molecule has 0 bridgehead atoms. The number of benzene rings is 1. The third-order valence-corrected chi connectivity index (χ3v) is 4.37. The van der Waals surface area contributed by atoms with Gasteiger partial charge in [0, 0.05) is 28.8 Å². The second-order valence-electron chi connectivity index (χ2n) is 5.01. The first-order valence-electron chi connectivity index (χ1n) is 7.20. The number of nitro groups is 1. The lowest BCUT2D eigenvalue weighted by Gasteiger charge is -2.11. The maximum Gasteiger partial charge on any atom is 0.270 e. The predicted octanol–water partition coefficient (Wildman–Crippen LogP) is 2.63. The normalized spacial score (nSPS) is 10.3.